The monoisotopic (exact) mass is 460 g/mol. The number of anilines is 1. The van der Waals surface area contributed by atoms with Gasteiger partial charge in [0.25, 0.3) is 5.91 Å². The Morgan fingerprint density at radius 3 is 2.73 bits per heavy atom. The first-order valence-corrected chi connectivity index (χ1v) is 10.4. The summed E-state index contributed by atoms with van der Waals surface area (Å²) >= 11 is 6.38. The number of hydrogen-bond acceptors (Lipinski definition) is 4. The summed E-state index contributed by atoms with van der Waals surface area (Å²) in [4.78, 5) is 34.3. The number of urea groups is 1. The predicted octanol–water partition coefficient (Wildman–Crippen LogP) is 3.55. The molecule has 4 aromatic rings. The normalized spacial score (nSPS) is 12.9. The fourth-order valence-corrected chi connectivity index (χ4v) is 4.16. The number of hydrogen-bond donors (Lipinski definition) is 2. The number of primary amides is 1. The molecule has 0 atom stereocenters. The fraction of sp³-hybridized carbons (Fsp3) is 0.136. The number of nitrogens with two attached hydrogens (primary N) is 1. The minimum atomic E-state index is -0.634. The van der Waals surface area contributed by atoms with Crippen LogP contribution in [0.5, 0.6) is 0 Å². The Kier molecular flexibility index (Phi) is 4.95. The Morgan fingerprint density at radius 1 is 1.21 bits per heavy atom. The van der Waals surface area contributed by atoms with Crippen LogP contribution in [0.25, 0.3) is 21.6 Å². The van der Waals surface area contributed by atoms with Crippen LogP contribution in [-0.2, 0) is 13.1 Å². The molecule has 10 nitrogen and oxygen atoms in total. The highest BCUT2D eigenvalue weighted by molar-refractivity contribution is 6.34. The van der Waals surface area contributed by atoms with Crippen molar-refractivity contribution < 1.29 is 9.59 Å². The number of fused-ring (bicyclic) bond motifs is 2. The average Bonchev–Trinajstić information content (AvgIpc) is 3.44. The van der Waals surface area contributed by atoms with Gasteiger partial charge in [-0.1, -0.05) is 23.7 Å². The maximum absolute atomic E-state index is 12.8. The number of halogens is 1. The molecule has 0 spiro atoms. The van der Waals surface area contributed by atoms with Crippen molar-refractivity contribution in [3.05, 3.63) is 76.8 Å². The molecule has 3 N–H and O–H groups in total. The smallest absolute Gasteiger partial charge is 0.322 e. The van der Waals surface area contributed by atoms with Crippen molar-refractivity contribution in [1.29, 1.82) is 0 Å². The molecule has 0 saturated carbocycles. The highest BCUT2D eigenvalue weighted by Crippen LogP contribution is 2.31. The largest absolute Gasteiger partial charge is 0.365 e. The number of carbonyl (C=O) groups excluding carboxylic acids is 2. The summed E-state index contributed by atoms with van der Waals surface area (Å²) < 4.78 is 3.45. The van der Waals surface area contributed by atoms with Gasteiger partial charge < -0.3 is 20.4 Å². The number of imidazole rings is 1. The van der Waals surface area contributed by atoms with Crippen LogP contribution in [0.15, 0.2) is 49.1 Å². The third kappa shape index (κ3) is 3.64. The molecule has 3 amide bonds. The lowest BCUT2D eigenvalue weighted by atomic mass is 10.1. The van der Waals surface area contributed by atoms with Crippen LogP contribution in [0.1, 0.15) is 16.1 Å². The van der Waals surface area contributed by atoms with Gasteiger partial charge in [-0.2, -0.15) is 5.10 Å². The van der Waals surface area contributed by atoms with E-state index in [0.29, 0.717) is 46.4 Å². The van der Waals surface area contributed by atoms with Crippen LogP contribution in [0.3, 0.4) is 0 Å². The van der Waals surface area contributed by atoms with E-state index in [-0.39, 0.29) is 18.1 Å². The van der Waals surface area contributed by atoms with Gasteiger partial charge >= 0.3 is 6.03 Å². The number of pyridine rings is 1. The van der Waals surface area contributed by atoms with Crippen LogP contribution in [-0.4, -0.2) is 42.5 Å². The van der Waals surface area contributed by atoms with Crippen LogP contribution in [0.2, 0.25) is 5.02 Å². The molecule has 0 aliphatic carbocycles. The van der Waals surface area contributed by atoms with E-state index >= 15 is 0 Å². The van der Waals surface area contributed by atoms with Crippen molar-refractivity contribution in [3.63, 3.8) is 0 Å². The lowest BCUT2D eigenvalue weighted by molar-refractivity contribution is 0.0997. The van der Waals surface area contributed by atoms with E-state index in [9.17, 15) is 9.59 Å². The zero-order chi connectivity index (χ0) is 23.1. The number of rotatable bonds is 3. The van der Waals surface area contributed by atoms with E-state index in [0.717, 1.165) is 5.52 Å². The Bertz CT molecular complexity index is 1450. The first kappa shape index (κ1) is 20.5. The second-order valence-electron chi connectivity index (χ2n) is 7.53. The van der Waals surface area contributed by atoms with Crippen LogP contribution >= 0.6 is 11.6 Å². The molecule has 0 bridgehead atoms. The zero-order valence-electron chi connectivity index (χ0n) is 17.2. The quantitative estimate of drug-likeness (QED) is 0.455. The molecule has 164 valence electrons. The summed E-state index contributed by atoms with van der Waals surface area (Å²) in [6, 6.07) is 8.00. The van der Waals surface area contributed by atoms with Crippen molar-refractivity contribution in [2.24, 2.45) is 5.73 Å². The molecule has 1 aliphatic heterocycles. The molecular formula is C22H17ClN8O2. The molecule has 0 fully saturated rings. The molecule has 0 unspecified atom stereocenters. The van der Waals surface area contributed by atoms with Gasteiger partial charge in [0, 0.05) is 24.0 Å². The number of amides is 3. The Labute approximate surface area is 193 Å². The second kappa shape index (κ2) is 7.96. The van der Waals surface area contributed by atoms with Gasteiger partial charge in [0.2, 0.25) is 0 Å². The third-order valence-corrected chi connectivity index (χ3v) is 5.81. The first-order valence-electron chi connectivity index (χ1n) is 9.99. The number of aromatic nitrogens is 4. The second-order valence-corrected chi connectivity index (χ2v) is 7.94. The predicted molar refractivity (Wildman–Crippen MR) is 122 cm³/mol. The molecule has 4 heterocycles. The van der Waals surface area contributed by atoms with Gasteiger partial charge in [0.1, 0.15) is 5.69 Å². The zero-order valence-corrected chi connectivity index (χ0v) is 18.0. The number of benzene rings is 1. The molecule has 33 heavy (non-hydrogen) atoms. The minimum Gasteiger partial charge on any atom is -0.365 e. The summed E-state index contributed by atoms with van der Waals surface area (Å²) in [5.74, 6) is -0.634. The standard InChI is InChI=1S/C22H17ClN8O2/c1-25-14-2-4-15(5-3-14)27-22(33)29-6-7-31-18(11-29)19(21(24)32)20(28-31)13-8-16(23)17-9-26-12-30(17)10-13/h2-5,8-10,12H,6-7,11H2,(H2,24,32)(H,27,33). The summed E-state index contributed by atoms with van der Waals surface area (Å²) in [5, 5.41) is 7.89. The van der Waals surface area contributed by atoms with Gasteiger partial charge in [-0.05, 0) is 18.2 Å². The minimum absolute atomic E-state index is 0.165. The van der Waals surface area contributed by atoms with Gasteiger partial charge in [0.05, 0.1) is 54.0 Å². The molecular weight excluding hydrogens is 444 g/mol. The van der Waals surface area contributed by atoms with Gasteiger partial charge in [-0.15, -0.1) is 0 Å². The molecule has 0 radical (unpaired) electrons. The van der Waals surface area contributed by atoms with Crippen LogP contribution in [0.4, 0.5) is 16.2 Å². The lowest BCUT2D eigenvalue weighted by Gasteiger charge is -2.28. The maximum Gasteiger partial charge on any atom is 0.322 e. The van der Waals surface area contributed by atoms with E-state index < -0.39 is 5.91 Å². The first-order chi connectivity index (χ1) is 15.9. The molecule has 1 aliphatic rings. The van der Waals surface area contributed by atoms with Crippen LogP contribution in [0, 0.1) is 6.57 Å². The molecule has 3 aromatic heterocycles. The van der Waals surface area contributed by atoms with E-state index in [2.05, 4.69) is 20.2 Å². The van der Waals surface area contributed by atoms with Crippen molar-refractivity contribution in [3.8, 4) is 11.3 Å². The average molecular weight is 461 g/mol. The SMILES string of the molecule is [C-]#[N+]c1ccc(NC(=O)N2CCn3nc(-c4cc(Cl)c5cncn5c4)c(C(N)=O)c3C2)cc1. The summed E-state index contributed by atoms with van der Waals surface area (Å²) in [5.41, 5.74) is 9.38. The van der Waals surface area contributed by atoms with Gasteiger partial charge in [-0.3, -0.25) is 9.48 Å². The van der Waals surface area contributed by atoms with E-state index in [1.54, 1.807) is 63.0 Å². The van der Waals surface area contributed by atoms with Gasteiger partial charge in [0.15, 0.2) is 5.69 Å². The lowest BCUT2D eigenvalue weighted by Crippen LogP contribution is -2.41. The Balaban J connectivity index is 1.46. The van der Waals surface area contributed by atoms with E-state index in [1.807, 2.05) is 0 Å². The maximum atomic E-state index is 12.8. The molecule has 0 saturated heterocycles. The fourth-order valence-electron chi connectivity index (χ4n) is 3.89. The number of nitrogens with one attached hydrogen (secondary N) is 1. The van der Waals surface area contributed by atoms with Crippen molar-refractivity contribution in [2.45, 2.75) is 13.1 Å². The summed E-state index contributed by atoms with van der Waals surface area (Å²) in [7, 11) is 0. The van der Waals surface area contributed by atoms with Crippen LogP contribution < -0.4 is 11.1 Å². The molecule has 5 rings (SSSR count). The molecule has 1 aromatic carbocycles. The van der Waals surface area contributed by atoms with Crippen molar-refractivity contribution in [2.75, 3.05) is 11.9 Å². The Morgan fingerprint density at radius 2 is 2.00 bits per heavy atom. The van der Waals surface area contributed by atoms with Crippen molar-refractivity contribution >= 4 is 40.4 Å². The highest BCUT2D eigenvalue weighted by Gasteiger charge is 2.30. The summed E-state index contributed by atoms with van der Waals surface area (Å²) in [6.45, 7) is 7.99. The third-order valence-electron chi connectivity index (χ3n) is 5.51. The topological polar surface area (TPSA) is 115 Å². The molecule has 11 heteroatoms. The van der Waals surface area contributed by atoms with Crippen molar-refractivity contribution in [1.82, 2.24) is 24.1 Å². The Hall–Kier alpha value is -4.36. The summed E-state index contributed by atoms with van der Waals surface area (Å²) in [6.07, 6.45) is 5.04. The van der Waals surface area contributed by atoms with E-state index in [4.69, 9.17) is 23.9 Å². The number of carbonyl (C=O) groups is 2. The highest BCUT2D eigenvalue weighted by atomic mass is 35.5. The van der Waals surface area contributed by atoms with Gasteiger partial charge in [-0.25, -0.2) is 14.6 Å². The number of nitrogens with zero attached hydrogens (tertiary/aromatic N) is 6. The van der Waals surface area contributed by atoms with E-state index in [1.165, 1.54) is 0 Å².